The number of imidazole rings is 1. The first-order chi connectivity index (χ1) is 15.6. The van der Waals surface area contributed by atoms with Gasteiger partial charge in [0.15, 0.2) is 0 Å². The third kappa shape index (κ3) is 4.73. The molecule has 0 spiro atoms. The number of aromatic amines is 1. The Hall–Kier alpha value is -3.44. The number of hydrogen-bond donors (Lipinski definition) is 1. The van der Waals surface area contributed by atoms with E-state index >= 15 is 0 Å². The summed E-state index contributed by atoms with van der Waals surface area (Å²) < 4.78 is 29.0. The van der Waals surface area contributed by atoms with E-state index in [1.165, 1.54) is 17.8 Å². The molecular weight excluding hydrogens is 430 g/mol. The topological polar surface area (TPSA) is 74.5 Å². The Bertz CT molecular complexity index is 1330. The molecule has 0 aliphatic heterocycles. The first kappa shape index (κ1) is 21.8. The smallest absolute Gasteiger partial charge is 0.306 e. The molecule has 0 atom stereocenters. The fourth-order valence-electron chi connectivity index (χ4n) is 3.60. The Morgan fingerprint density at radius 1 is 1.12 bits per heavy atom. The third-order valence-electron chi connectivity index (χ3n) is 5.09. The molecule has 2 heterocycles. The summed E-state index contributed by atoms with van der Waals surface area (Å²) in [7, 11) is 0. The number of benzene rings is 2. The Morgan fingerprint density at radius 2 is 1.88 bits per heavy atom. The standard InChI is InChI=1S/C24H20F2N4OS/c25-22(26)18-14-17(13-16-7-2-1-3-8-16)28-23(19(18)15-27)32-12-6-11-30-21-10-5-4-9-20(21)29-24(30)31/h1-5,7-10,14,22H,6,11-13H2,(H,29,31). The van der Waals surface area contributed by atoms with Crippen LogP contribution in [0.5, 0.6) is 0 Å². The van der Waals surface area contributed by atoms with Crippen LogP contribution in [0.2, 0.25) is 0 Å². The number of para-hydroxylation sites is 2. The Labute approximate surface area is 187 Å². The Morgan fingerprint density at radius 3 is 2.62 bits per heavy atom. The summed E-state index contributed by atoms with van der Waals surface area (Å²) in [5.74, 6) is 0.533. The minimum absolute atomic E-state index is 0.0777. The molecule has 0 unspecified atom stereocenters. The first-order valence-electron chi connectivity index (χ1n) is 10.1. The van der Waals surface area contributed by atoms with Crippen LogP contribution in [0.1, 0.15) is 35.2 Å². The van der Waals surface area contributed by atoms with E-state index in [2.05, 4.69) is 9.97 Å². The molecule has 0 amide bonds. The molecule has 2 aromatic carbocycles. The maximum absolute atomic E-state index is 13.7. The van der Waals surface area contributed by atoms with Crippen LogP contribution in [-0.2, 0) is 13.0 Å². The van der Waals surface area contributed by atoms with E-state index < -0.39 is 6.43 Å². The highest BCUT2D eigenvalue weighted by molar-refractivity contribution is 7.99. The first-order valence-corrected chi connectivity index (χ1v) is 11.1. The second kappa shape index (κ2) is 9.79. The fourth-order valence-corrected chi connectivity index (χ4v) is 4.55. The molecule has 4 rings (SSSR count). The molecule has 2 aromatic heterocycles. The third-order valence-corrected chi connectivity index (χ3v) is 6.15. The lowest BCUT2D eigenvalue weighted by atomic mass is 10.1. The van der Waals surface area contributed by atoms with Crippen molar-refractivity contribution in [1.82, 2.24) is 14.5 Å². The van der Waals surface area contributed by atoms with Crippen molar-refractivity contribution in [2.75, 3.05) is 5.75 Å². The SMILES string of the molecule is N#Cc1c(C(F)F)cc(Cc2ccccc2)nc1SCCCn1c(=O)[nH]c2ccccc21. The number of nitrogens with one attached hydrogen (secondary N) is 1. The van der Waals surface area contributed by atoms with E-state index in [1.54, 1.807) is 4.57 Å². The van der Waals surface area contributed by atoms with E-state index in [9.17, 15) is 18.8 Å². The summed E-state index contributed by atoms with van der Waals surface area (Å²) in [6.07, 6.45) is -1.73. The molecule has 4 aromatic rings. The highest BCUT2D eigenvalue weighted by atomic mass is 32.2. The van der Waals surface area contributed by atoms with Gasteiger partial charge in [0, 0.05) is 30.0 Å². The molecule has 0 aliphatic rings. The largest absolute Gasteiger partial charge is 0.326 e. The number of alkyl halides is 2. The molecule has 0 saturated heterocycles. The van der Waals surface area contributed by atoms with Crippen LogP contribution in [-0.4, -0.2) is 20.3 Å². The zero-order valence-corrected chi connectivity index (χ0v) is 17.9. The monoisotopic (exact) mass is 450 g/mol. The second-order valence-corrected chi connectivity index (χ2v) is 8.34. The van der Waals surface area contributed by atoms with Crippen molar-refractivity contribution in [2.45, 2.75) is 30.8 Å². The van der Waals surface area contributed by atoms with Crippen LogP contribution in [0.4, 0.5) is 8.78 Å². The van der Waals surface area contributed by atoms with Crippen molar-refractivity contribution in [1.29, 1.82) is 5.26 Å². The van der Waals surface area contributed by atoms with Gasteiger partial charge in [-0.25, -0.2) is 18.6 Å². The predicted molar refractivity (Wildman–Crippen MR) is 121 cm³/mol. The maximum Gasteiger partial charge on any atom is 0.326 e. The molecule has 8 heteroatoms. The summed E-state index contributed by atoms with van der Waals surface area (Å²) in [4.78, 5) is 19.5. The number of H-pyrrole nitrogens is 1. The predicted octanol–water partition coefficient (Wildman–Crippen LogP) is 5.31. The number of fused-ring (bicyclic) bond motifs is 1. The van der Waals surface area contributed by atoms with E-state index in [-0.39, 0.29) is 16.8 Å². The van der Waals surface area contributed by atoms with E-state index in [1.807, 2.05) is 60.7 Å². The van der Waals surface area contributed by atoms with Gasteiger partial charge in [0.05, 0.1) is 16.6 Å². The van der Waals surface area contributed by atoms with Gasteiger partial charge in [-0.2, -0.15) is 5.26 Å². The number of nitrogens with zero attached hydrogens (tertiary/aromatic N) is 3. The van der Waals surface area contributed by atoms with Gasteiger partial charge in [0.1, 0.15) is 11.1 Å². The molecule has 1 N–H and O–H groups in total. The van der Waals surface area contributed by atoms with Crippen molar-refractivity contribution in [2.24, 2.45) is 0 Å². The van der Waals surface area contributed by atoms with Crippen molar-refractivity contribution in [3.8, 4) is 6.07 Å². The molecule has 0 bridgehead atoms. The van der Waals surface area contributed by atoms with Crippen LogP contribution in [0, 0.1) is 11.3 Å². The lowest BCUT2D eigenvalue weighted by Gasteiger charge is -2.12. The number of aromatic nitrogens is 3. The Kier molecular flexibility index (Phi) is 6.66. The number of thioether (sulfide) groups is 1. The zero-order chi connectivity index (χ0) is 22.5. The van der Waals surface area contributed by atoms with Gasteiger partial charge in [-0.1, -0.05) is 42.5 Å². The minimum atomic E-state index is -2.76. The average molecular weight is 451 g/mol. The number of hydrogen-bond acceptors (Lipinski definition) is 4. The number of pyridine rings is 1. The summed E-state index contributed by atoms with van der Waals surface area (Å²) in [5.41, 5.74) is 2.50. The molecule has 0 saturated carbocycles. The van der Waals surface area contributed by atoms with Gasteiger partial charge >= 0.3 is 5.69 Å². The van der Waals surface area contributed by atoms with Gasteiger partial charge in [0.2, 0.25) is 0 Å². The van der Waals surface area contributed by atoms with Crippen LogP contribution in [0.25, 0.3) is 11.0 Å². The van der Waals surface area contributed by atoms with Crippen LogP contribution in [0.15, 0.2) is 70.5 Å². The van der Waals surface area contributed by atoms with E-state index in [0.717, 1.165) is 16.6 Å². The Balaban J connectivity index is 1.52. The summed E-state index contributed by atoms with van der Waals surface area (Å²) >= 11 is 1.27. The molecule has 0 aliphatic carbocycles. The van der Waals surface area contributed by atoms with Crippen molar-refractivity contribution >= 4 is 22.8 Å². The molecule has 32 heavy (non-hydrogen) atoms. The minimum Gasteiger partial charge on any atom is -0.306 e. The van der Waals surface area contributed by atoms with Gasteiger partial charge in [0.25, 0.3) is 6.43 Å². The lowest BCUT2D eigenvalue weighted by Crippen LogP contribution is -2.17. The quantitative estimate of drug-likeness (QED) is 0.292. The maximum atomic E-state index is 13.7. The molecular formula is C24H20F2N4OS. The summed E-state index contributed by atoms with van der Waals surface area (Å²) in [5, 5.41) is 9.81. The van der Waals surface area contributed by atoms with Gasteiger partial charge in [-0.3, -0.25) is 4.57 Å². The molecule has 0 radical (unpaired) electrons. The zero-order valence-electron chi connectivity index (χ0n) is 17.1. The van der Waals surface area contributed by atoms with Crippen LogP contribution < -0.4 is 5.69 Å². The summed E-state index contributed by atoms with van der Waals surface area (Å²) in [6, 6.07) is 20.1. The van der Waals surface area contributed by atoms with E-state index in [0.29, 0.717) is 35.9 Å². The van der Waals surface area contributed by atoms with Crippen molar-refractivity contribution in [3.05, 3.63) is 93.5 Å². The van der Waals surface area contributed by atoms with Crippen molar-refractivity contribution < 1.29 is 8.78 Å². The van der Waals surface area contributed by atoms with Gasteiger partial charge < -0.3 is 4.98 Å². The van der Waals surface area contributed by atoms with E-state index in [4.69, 9.17) is 0 Å². The summed E-state index contributed by atoms with van der Waals surface area (Å²) in [6.45, 7) is 0.475. The molecule has 162 valence electrons. The number of nitriles is 1. The number of rotatable bonds is 8. The van der Waals surface area contributed by atoms with Crippen LogP contribution >= 0.6 is 11.8 Å². The highest BCUT2D eigenvalue weighted by Gasteiger charge is 2.20. The lowest BCUT2D eigenvalue weighted by molar-refractivity contribution is 0.150. The molecule has 5 nitrogen and oxygen atoms in total. The fraction of sp³-hybridized carbons (Fsp3) is 0.208. The van der Waals surface area contributed by atoms with Crippen LogP contribution in [0.3, 0.4) is 0 Å². The van der Waals surface area contributed by atoms with Gasteiger partial charge in [-0.15, -0.1) is 11.8 Å². The second-order valence-electron chi connectivity index (χ2n) is 7.26. The number of aryl methyl sites for hydroxylation is 1. The average Bonchev–Trinajstić information content (AvgIpc) is 3.12. The van der Waals surface area contributed by atoms with Gasteiger partial charge in [-0.05, 0) is 30.2 Å². The highest BCUT2D eigenvalue weighted by Crippen LogP contribution is 2.31. The van der Waals surface area contributed by atoms with Crippen molar-refractivity contribution in [3.63, 3.8) is 0 Å². The molecule has 0 fully saturated rings. The normalized spacial score (nSPS) is 11.2. The number of halogens is 2.